The third-order valence-corrected chi connectivity index (χ3v) is 13.6. The van der Waals surface area contributed by atoms with Crippen LogP contribution in [-0.2, 0) is 12.8 Å². The van der Waals surface area contributed by atoms with E-state index in [1.165, 1.54) is 0 Å². The molecule has 0 fully saturated rings. The van der Waals surface area contributed by atoms with E-state index in [0.717, 1.165) is 96.8 Å². The van der Waals surface area contributed by atoms with E-state index < -0.39 is 0 Å². The summed E-state index contributed by atoms with van der Waals surface area (Å²) in [5, 5.41) is 16.8. The molecule has 0 radical (unpaired) electrons. The molecule has 0 saturated carbocycles. The second kappa shape index (κ2) is 21.1. The minimum atomic E-state index is -0.332. The first-order valence-electron chi connectivity index (χ1n) is 25.6. The van der Waals surface area contributed by atoms with Crippen LogP contribution in [0.3, 0.4) is 0 Å². The SMILES string of the molecule is CC.Cc1cncc(-c2ccc3c(c2)c(-c2nc4nccc(-c5cc(F)cc(CCCN(C)C)c5)c4[nH]2)nn3N(C)CCCc2cc(F)cc(-c3ccnc4nc(-c5n[nH]c6ccc(-c7ccncc7)cc56)[nH]c34)c2)c1. The van der Waals surface area contributed by atoms with Crippen LogP contribution in [0, 0.1) is 18.6 Å². The standard InChI is InChI=1S/C58H50F2N14.C2H6/c1-34-23-42(33-62-32-34)39-10-12-50-48(31-39)54(58-66-52-46(16-20-64-56(52)68-58)40-24-35(26-43(59)28-40)7-5-21-72(2)3)71-74(50)73(4)22-6-8-36-25-41(29-44(60)27-36)45-15-19-63-55-51(45)65-57(67-55)53-47-30-38(9-11-49(47)69-70-53)37-13-17-61-18-14-37;1-2/h9-20,23-33H,5-8,21-22H2,1-4H3,(H,69,70)(H,63,65,67)(H,64,66,68);1-2H3. The molecule has 8 aromatic heterocycles. The van der Waals surface area contributed by atoms with Crippen molar-refractivity contribution in [2.24, 2.45) is 0 Å². The first-order valence-corrected chi connectivity index (χ1v) is 25.6. The Kier molecular flexibility index (Phi) is 13.6. The molecule has 3 N–H and O–H groups in total. The average molecular weight is 1010 g/mol. The van der Waals surface area contributed by atoms with Gasteiger partial charge >= 0.3 is 0 Å². The number of hydrogen-bond donors (Lipinski definition) is 3. The van der Waals surface area contributed by atoms with Gasteiger partial charge in [0, 0.05) is 78.2 Å². The van der Waals surface area contributed by atoms with Crippen LogP contribution in [-0.4, -0.2) is 99.1 Å². The van der Waals surface area contributed by atoms with E-state index in [1.807, 2.05) is 102 Å². The van der Waals surface area contributed by atoms with E-state index in [4.69, 9.17) is 15.1 Å². The zero-order chi connectivity index (χ0) is 52.5. The van der Waals surface area contributed by atoms with Crippen LogP contribution < -0.4 is 5.01 Å². The molecule has 16 heteroatoms. The van der Waals surface area contributed by atoms with Gasteiger partial charge in [-0.1, -0.05) is 38.1 Å². The van der Waals surface area contributed by atoms with Gasteiger partial charge in [-0.3, -0.25) is 20.1 Å². The lowest BCUT2D eigenvalue weighted by atomic mass is 10.0. The highest BCUT2D eigenvalue weighted by atomic mass is 19.1. The highest BCUT2D eigenvalue weighted by Crippen LogP contribution is 2.36. The molecule has 14 nitrogen and oxygen atoms in total. The molecule has 0 atom stereocenters. The van der Waals surface area contributed by atoms with Gasteiger partial charge in [0.25, 0.3) is 0 Å². The maximum absolute atomic E-state index is 15.6. The van der Waals surface area contributed by atoms with Crippen LogP contribution in [0.4, 0.5) is 8.78 Å². The summed E-state index contributed by atoms with van der Waals surface area (Å²) in [5.41, 5.74) is 15.4. The third kappa shape index (κ3) is 9.89. The number of fused-ring (bicyclic) bond motifs is 4. The average Bonchev–Trinajstić information content (AvgIpc) is 4.29. The predicted molar refractivity (Wildman–Crippen MR) is 299 cm³/mol. The maximum Gasteiger partial charge on any atom is 0.178 e. The zero-order valence-electron chi connectivity index (χ0n) is 43.2. The second-order valence-corrected chi connectivity index (χ2v) is 19.2. The van der Waals surface area contributed by atoms with Crippen molar-refractivity contribution >= 4 is 44.1 Å². The van der Waals surface area contributed by atoms with Crippen LogP contribution in [0.2, 0.25) is 0 Å². The normalized spacial score (nSPS) is 11.6. The van der Waals surface area contributed by atoms with Crippen LogP contribution in [0.25, 0.3) is 112 Å². The number of imidazole rings is 2. The molecule has 380 valence electrons. The van der Waals surface area contributed by atoms with E-state index >= 15 is 8.78 Å². The summed E-state index contributed by atoms with van der Waals surface area (Å²) in [4.78, 5) is 38.8. The molecule has 0 aliphatic carbocycles. The Labute approximate surface area is 438 Å². The largest absolute Gasteiger partial charge is 0.335 e. The molecule has 76 heavy (non-hydrogen) atoms. The first kappa shape index (κ1) is 49.2. The van der Waals surface area contributed by atoms with Crippen LogP contribution in [0.15, 0.2) is 140 Å². The molecule has 0 bridgehead atoms. The number of halogens is 2. The van der Waals surface area contributed by atoms with Crippen LogP contribution >= 0.6 is 0 Å². The summed E-state index contributed by atoms with van der Waals surface area (Å²) in [6, 6.07) is 32.6. The van der Waals surface area contributed by atoms with Crippen molar-refractivity contribution in [3.63, 3.8) is 0 Å². The Morgan fingerprint density at radius 1 is 0.553 bits per heavy atom. The number of benzene rings is 4. The van der Waals surface area contributed by atoms with E-state index in [0.29, 0.717) is 70.3 Å². The summed E-state index contributed by atoms with van der Waals surface area (Å²) in [6.07, 6.45) is 13.6. The molecule has 0 amide bonds. The lowest BCUT2D eigenvalue weighted by Gasteiger charge is -2.20. The monoisotopic (exact) mass is 1010 g/mol. The Morgan fingerprint density at radius 3 is 1.80 bits per heavy atom. The van der Waals surface area contributed by atoms with Gasteiger partial charge in [0.15, 0.2) is 22.9 Å². The predicted octanol–water partition coefficient (Wildman–Crippen LogP) is 12.6. The fourth-order valence-corrected chi connectivity index (χ4v) is 9.98. The van der Waals surface area contributed by atoms with Gasteiger partial charge < -0.3 is 14.9 Å². The minimum Gasteiger partial charge on any atom is -0.335 e. The van der Waals surface area contributed by atoms with Gasteiger partial charge in [-0.15, -0.1) is 5.10 Å². The van der Waals surface area contributed by atoms with Crippen molar-refractivity contribution in [2.45, 2.75) is 46.5 Å². The molecule has 12 aromatic rings. The Hall–Kier alpha value is -9.02. The number of aromatic amines is 3. The fourth-order valence-electron chi connectivity index (χ4n) is 9.98. The lowest BCUT2D eigenvalue weighted by molar-refractivity contribution is 0.400. The number of aromatic nitrogens is 12. The van der Waals surface area contributed by atoms with E-state index in [2.05, 4.69) is 86.4 Å². The van der Waals surface area contributed by atoms with Crippen molar-refractivity contribution in [3.8, 4) is 67.5 Å². The molecular formula is C60H56F2N14. The van der Waals surface area contributed by atoms with E-state index in [9.17, 15) is 0 Å². The quantitative estimate of drug-likeness (QED) is 0.0901. The summed E-state index contributed by atoms with van der Waals surface area (Å²) in [6.45, 7) is 7.53. The first-order chi connectivity index (χ1) is 37.1. The number of pyridine rings is 4. The maximum atomic E-state index is 15.6. The molecule has 4 aromatic carbocycles. The number of nitrogens with zero attached hydrogens (tertiary/aromatic N) is 11. The smallest absolute Gasteiger partial charge is 0.178 e. The van der Waals surface area contributed by atoms with Gasteiger partial charge in [0.1, 0.15) is 23.0 Å². The highest BCUT2D eigenvalue weighted by Gasteiger charge is 2.22. The van der Waals surface area contributed by atoms with Crippen molar-refractivity contribution in [2.75, 3.05) is 39.2 Å². The van der Waals surface area contributed by atoms with Gasteiger partial charge in [-0.05, 0) is 177 Å². The second-order valence-electron chi connectivity index (χ2n) is 19.2. The molecule has 0 saturated heterocycles. The number of H-pyrrole nitrogens is 3. The Balaban J connectivity index is 0.00000305. The number of nitrogens with one attached hydrogen (secondary N) is 3. The van der Waals surface area contributed by atoms with Crippen LogP contribution in [0.5, 0.6) is 0 Å². The number of rotatable bonds is 15. The molecule has 0 spiro atoms. The fraction of sp³-hybridized carbons (Fsp3) is 0.200. The molecule has 0 aliphatic heterocycles. The van der Waals surface area contributed by atoms with Gasteiger partial charge in [0.2, 0.25) is 0 Å². The molecular weight excluding hydrogens is 955 g/mol. The topological polar surface area (TPSA) is 162 Å². The summed E-state index contributed by atoms with van der Waals surface area (Å²) in [7, 11) is 6.08. The third-order valence-electron chi connectivity index (χ3n) is 13.6. The molecule has 8 heterocycles. The zero-order valence-corrected chi connectivity index (χ0v) is 43.2. The lowest BCUT2D eigenvalue weighted by Crippen LogP contribution is -2.32. The van der Waals surface area contributed by atoms with Gasteiger partial charge in [-0.2, -0.15) is 9.89 Å². The highest BCUT2D eigenvalue weighted by molar-refractivity contribution is 5.99. The van der Waals surface area contributed by atoms with Crippen LogP contribution in [0.1, 0.15) is 43.4 Å². The van der Waals surface area contributed by atoms with E-state index in [1.54, 1.807) is 49.1 Å². The minimum absolute atomic E-state index is 0.286. The summed E-state index contributed by atoms with van der Waals surface area (Å²) in [5.74, 6) is 0.475. The summed E-state index contributed by atoms with van der Waals surface area (Å²) < 4.78 is 30.8. The number of hydrogen-bond acceptors (Lipinski definition) is 10. The van der Waals surface area contributed by atoms with Gasteiger partial charge in [-0.25, -0.2) is 28.7 Å². The van der Waals surface area contributed by atoms with E-state index in [-0.39, 0.29) is 11.6 Å². The molecule has 0 unspecified atom stereocenters. The summed E-state index contributed by atoms with van der Waals surface area (Å²) >= 11 is 0. The Bertz CT molecular complexity index is 4040. The van der Waals surface area contributed by atoms with Crippen molar-refractivity contribution in [1.82, 2.24) is 64.9 Å². The van der Waals surface area contributed by atoms with Crippen molar-refractivity contribution < 1.29 is 8.78 Å². The van der Waals surface area contributed by atoms with Gasteiger partial charge in [0.05, 0.1) is 22.1 Å². The Morgan fingerprint density at radius 2 is 1.16 bits per heavy atom. The van der Waals surface area contributed by atoms with Crippen molar-refractivity contribution in [1.29, 1.82) is 0 Å². The molecule has 0 aliphatic rings. The van der Waals surface area contributed by atoms with Crippen molar-refractivity contribution in [3.05, 3.63) is 169 Å². The number of aryl methyl sites for hydroxylation is 3. The molecule has 12 rings (SSSR count).